The molecule has 0 heterocycles. The van der Waals surface area contributed by atoms with Gasteiger partial charge in [0, 0.05) is 0 Å². The smallest absolute Gasteiger partial charge is 0.182 e. The molecule has 15 heavy (non-hydrogen) atoms. The molecular weight excluding hydrogens is 196 g/mol. The van der Waals surface area contributed by atoms with E-state index in [0.717, 1.165) is 12.8 Å². The highest BCUT2D eigenvalue weighted by atomic mass is 16.5. The molecule has 4 heteroatoms. The van der Waals surface area contributed by atoms with Crippen molar-refractivity contribution in [2.75, 3.05) is 6.61 Å². The summed E-state index contributed by atoms with van der Waals surface area (Å²) in [4.78, 5) is 0. The van der Waals surface area contributed by atoms with E-state index in [-0.39, 0.29) is 11.3 Å². The molecule has 0 radical (unpaired) electrons. The predicted octanol–water partition coefficient (Wildman–Crippen LogP) is 1.55. The first-order chi connectivity index (χ1) is 7.15. The molecule has 1 aromatic rings. The van der Waals surface area contributed by atoms with Crippen molar-refractivity contribution in [2.45, 2.75) is 26.1 Å². The third-order valence-electron chi connectivity index (χ3n) is 2.04. The van der Waals surface area contributed by atoms with Gasteiger partial charge in [0.2, 0.25) is 0 Å². The number of rotatable bonds is 5. The molecule has 0 saturated carbocycles. The molecule has 4 nitrogen and oxygen atoms in total. The summed E-state index contributed by atoms with van der Waals surface area (Å²) in [5.74, 6) is 0.386. The Balaban J connectivity index is 2.70. The summed E-state index contributed by atoms with van der Waals surface area (Å²) in [5.41, 5.74) is 0.0593. The maximum Gasteiger partial charge on any atom is 0.182 e. The van der Waals surface area contributed by atoms with Crippen molar-refractivity contribution < 1.29 is 20.1 Å². The Morgan fingerprint density at radius 3 is 2.67 bits per heavy atom. The Labute approximate surface area is 88.8 Å². The van der Waals surface area contributed by atoms with Gasteiger partial charge in [0.25, 0.3) is 0 Å². The quantitative estimate of drug-likeness (QED) is 0.511. The summed E-state index contributed by atoms with van der Waals surface area (Å²) >= 11 is 0. The molecule has 0 aromatic heterocycles. The van der Waals surface area contributed by atoms with Crippen LogP contribution in [0.1, 0.15) is 31.6 Å². The van der Waals surface area contributed by atoms with Gasteiger partial charge in [-0.05, 0) is 24.6 Å². The van der Waals surface area contributed by atoms with Crippen LogP contribution in [0.2, 0.25) is 0 Å². The maximum absolute atomic E-state index is 9.30. The molecule has 0 fully saturated rings. The van der Waals surface area contributed by atoms with Crippen molar-refractivity contribution in [1.82, 2.24) is 0 Å². The lowest BCUT2D eigenvalue weighted by molar-refractivity contribution is -0.0440. The summed E-state index contributed by atoms with van der Waals surface area (Å²) in [6.07, 6.45) is 0.297. The fraction of sp³-hybridized carbons (Fsp3) is 0.455. The zero-order valence-corrected chi connectivity index (χ0v) is 8.68. The van der Waals surface area contributed by atoms with Gasteiger partial charge in [0.05, 0.1) is 12.2 Å². The van der Waals surface area contributed by atoms with Crippen LogP contribution in [0.15, 0.2) is 18.2 Å². The van der Waals surface area contributed by atoms with Crippen molar-refractivity contribution in [3.05, 3.63) is 23.8 Å². The lowest BCUT2D eigenvalue weighted by atomic mass is 10.2. The monoisotopic (exact) mass is 212 g/mol. The molecule has 0 bridgehead atoms. The summed E-state index contributed by atoms with van der Waals surface area (Å²) in [6.45, 7) is 2.64. The molecule has 0 aliphatic rings. The van der Waals surface area contributed by atoms with E-state index in [1.165, 1.54) is 12.1 Å². The minimum absolute atomic E-state index is 0.0593. The van der Waals surface area contributed by atoms with E-state index in [0.29, 0.717) is 12.4 Å². The molecule has 0 aliphatic carbocycles. The molecule has 0 spiro atoms. The number of aliphatic hydroxyl groups excluding tert-OH is 1. The number of phenolic OH excluding ortho intramolecular Hbond substituents is 1. The van der Waals surface area contributed by atoms with Gasteiger partial charge in [-0.25, -0.2) is 0 Å². The SMILES string of the molecule is CCCCOc1ccc(O)c(C(O)O)c1. The van der Waals surface area contributed by atoms with Crippen LogP contribution < -0.4 is 4.74 Å². The molecule has 84 valence electrons. The first-order valence-corrected chi connectivity index (χ1v) is 4.97. The first kappa shape index (κ1) is 11.8. The average molecular weight is 212 g/mol. The number of unbranched alkanes of at least 4 members (excludes halogenated alkanes) is 1. The lowest BCUT2D eigenvalue weighted by Crippen LogP contribution is -1.99. The van der Waals surface area contributed by atoms with Gasteiger partial charge in [-0.3, -0.25) is 0 Å². The van der Waals surface area contributed by atoms with Gasteiger partial charge in [-0.2, -0.15) is 0 Å². The molecule has 0 unspecified atom stereocenters. The second-order valence-corrected chi connectivity index (χ2v) is 3.30. The number of aromatic hydroxyl groups is 1. The number of ether oxygens (including phenoxy) is 1. The minimum Gasteiger partial charge on any atom is -0.507 e. The van der Waals surface area contributed by atoms with Crippen LogP contribution in [0, 0.1) is 0 Å². The van der Waals surface area contributed by atoms with Crippen molar-refractivity contribution in [1.29, 1.82) is 0 Å². The predicted molar refractivity (Wildman–Crippen MR) is 55.7 cm³/mol. The molecular formula is C11H16O4. The number of aliphatic hydroxyl groups is 2. The molecule has 0 amide bonds. The maximum atomic E-state index is 9.30. The highest BCUT2D eigenvalue weighted by Crippen LogP contribution is 2.27. The molecule has 1 rings (SSSR count). The van der Waals surface area contributed by atoms with E-state index in [9.17, 15) is 5.11 Å². The molecule has 1 aromatic carbocycles. The minimum atomic E-state index is -1.68. The standard InChI is InChI=1S/C11H16O4/c1-2-3-6-15-8-4-5-10(12)9(7-8)11(13)14/h4-5,7,11-14H,2-3,6H2,1H3. The van der Waals surface area contributed by atoms with Crippen LogP contribution in [-0.4, -0.2) is 21.9 Å². The fourth-order valence-electron chi connectivity index (χ4n) is 1.16. The summed E-state index contributed by atoms with van der Waals surface area (Å²) in [6, 6.07) is 4.41. The lowest BCUT2D eigenvalue weighted by Gasteiger charge is -2.10. The van der Waals surface area contributed by atoms with Crippen LogP contribution in [0.3, 0.4) is 0 Å². The van der Waals surface area contributed by atoms with E-state index in [2.05, 4.69) is 6.92 Å². The van der Waals surface area contributed by atoms with Gasteiger partial charge in [0.1, 0.15) is 11.5 Å². The van der Waals surface area contributed by atoms with E-state index in [1.807, 2.05) is 0 Å². The van der Waals surface area contributed by atoms with Crippen molar-refractivity contribution >= 4 is 0 Å². The van der Waals surface area contributed by atoms with E-state index in [4.69, 9.17) is 14.9 Å². The molecule has 0 saturated heterocycles. The fourth-order valence-corrected chi connectivity index (χ4v) is 1.16. The Morgan fingerprint density at radius 1 is 1.33 bits per heavy atom. The molecule has 0 aliphatic heterocycles. The van der Waals surface area contributed by atoms with Gasteiger partial charge in [-0.15, -0.1) is 0 Å². The Morgan fingerprint density at radius 2 is 2.07 bits per heavy atom. The molecule has 0 atom stereocenters. The van der Waals surface area contributed by atoms with Gasteiger partial charge in [0.15, 0.2) is 6.29 Å². The average Bonchev–Trinajstić information content (AvgIpc) is 2.20. The van der Waals surface area contributed by atoms with Crippen LogP contribution in [-0.2, 0) is 0 Å². The summed E-state index contributed by atoms with van der Waals surface area (Å²) in [7, 11) is 0. The zero-order chi connectivity index (χ0) is 11.3. The van der Waals surface area contributed by atoms with E-state index >= 15 is 0 Å². The topological polar surface area (TPSA) is 69.9 Å². The zero-order valence-electron chi connectivity index (χ0n) is 8.68. The van der Waals surface area contributed by atoms with Crippen LogP contribution in [0.4, 0.5) is 0 Å². The summed E-state index contributed by atoms with van der Waals surface area (Å²) < 4.78 is 5.36. The summed E-state index contributed by atoms with van der Waals surface area (Å²) in [5, 5.41) is 27.2. The first-order valence-electron chi connectivity index (χ1n) is 4.97. The normalized spacial score (nSPS) is 10.7. The number of phenols is 1. The third-order valence-corrected chi connectivity index (χ3v) is 2.04. The largest absolute Gasteiger partial charge is 0.507 e. The second-order valence-electron chi connectivity index (χ2n) is 3.30. The Kier molecular flexibility index (Phi) is 4.39. The third kappa shape index (κ3) is 3.42. The van der Waals surface area contributed by atoms with Crippen molar-refractivity contribution in [2.24, 2.45) is 0 Å². The van der Waals surface area contributed by atoms with Gasteiger partial charge < -0.3 is 20.1 Å². The number of benzene rings is 1. The van der Waals surface area contributed by atoms with Crippen molar-refractivity contribution in [3.63, 3.8) is 0 Å². The Bertz CT molecular complexity index is 309. The van der Waals surface area contributed by atoms with Crippen LogP contribution in [0.5, 0.6) is 11.5 Å². The number of hydrogen-bond donors (Lipinski definition) is 3. The van der Waals surface area contributed by atoms with Crippen LogP contribution in [0.25, 0.3) is 0 Å². The van der Waals surface area contributed by atoms with Crippen molar-refractivity contribution in [3.8, 4) is 11.5 Å². The highest BCUT2D eigenvalue weighted by Gasteiger charge is 2.09. The highest BCUT2D eigenvalue weighted by molar-refractivity contribution is 5.39. The second kappa shape index (κ2) is 5.58. The van der Waals surface area contributed by atoms with Gasteiger partial charge >= 0.3 is 0 Å². The number of hydrogen-bond acceptors (Lipinski definition) is 4. The van der Waals surface area contributed by atoms with Gasteiger partial charge in [-0.1, -0.05) is 13.3 Å². The van der Waals surface area contributed by atoms with Crippen LogP contribution >= 0.6 is 0 Å². The van der Waals surface area contributed by atoms with E-state index in [1.54, 1.807) is 6.07 Å². The molecule has 3 N–H and O–H groups in total. The Hall–Kier alpha value is -1.26. The van der Waals surface area contributed by atoms with E-state index < -0.39 is 6.29 Å².